The number of benzene rings is 1. The van der Waals surface area contributed by atoms with Crippen molar-refractivity contribution in [3.05, 3.63) is 29.6 Å². The van der Waals surface area contributed by atoms with Gasteiger partial charge in [0.2, 0.25) is 0 Å². The lowest BCUT2D eigenvalue weighted by atomic mass is 9.90. The fourth-order valence-electron chi connectivity index (χ4n) is 1.94. The lowest BCUT2D eigenvalue weighted by Gasteiger charge is -2.27. The Bertz CT molecular complexity index is 338. The maximum absolute atomic E-state index is 13.0. The molecule has 1 aromatic carbocycles. The predicted molar refractivity (Wildman–Crippen MR) is 58.1 cm³/mol. The third-order valence-corrected chi connectivity index (χ3v) is 3.80. The Morgan fingerprint density at radius 3 is 3.07 bits per heavy atom. The zero-order chi connectivity index (χ0) is 10.1. The summed E-state index contributed by atoms with van der Waals surface area (Å²) in [5, 5.41) is 0. The van der Waals surface area contributed by atoms with Crippen LogP contribution in [0.5, 0.6) is 0 Å². The molecule has 2 unspecified atom stereocenters. The molecule has 1 aliphatic rings. The molecule has 0 fully saturated rings. The molecule has 3 heteroatoms. The second-order valence-corrected chi connectivity index (χ2v) is 4.92. The van der Waals surface area contributed by atoms with Crippen LogP contribution in [0, 0.1) is 5.82 Å². The van der Waals surface area contributed by atoms with Crippen molar-refractivity contribution in [2.45, 2.75) is 30.2 Å². The number of rotatable bonds is 1. The monoisotopic (exact) mass is 211 g/mol. The van der Waals surface area contributed by atoms with Crippen LogP contribution in [0.15, 0.2) is 23.1 Å². The lowest BCUT2D eigenvalue weighted by molar-refractivity contribution is 0.538. The molecule has 1 aromatic rings. The molecule has 0 saturated carbocycles. The summed E-state index contributed by atoms with van der Waals surface area (Å²) in [7, 11) is 0. The van der Waals surface area contributed by atoms with E-state index < -0.39 is 0 Å². The van der Waals surface area contributed by atoms with Crippen LogP contribution in [0.25, 0.3) is 0 Å². The van der Waals surface area contributed by atoms with Gasteiger partial charge in [0, 0.05) is 16.9 Å². The first kappa shape index (κ1) is 9.99. The van der Waals surface area contributed by atoms with Gasteiger partial charge in [-0.15, -0.1) is 11.8 Å². The van der Waals surface area contributed by atoms with Crippen molar-refractivity contribution < 1.29 is 4.39 Å². The summed E-state index contributed by atoms with van der Waals surface area (Å²) in [5.41, 5.74) is 7.14. The van der Waals surface area contributed by atoms with Gasteiger partial charge in [0.25, 0.3) is 0 Å². The Morgan fingerprint density at radius 2 is 2.36 bits per heavy atom. The van der Waals surface area contributed by atoms with Crippen LogP contribution in [0.3, 0.4) is 0 Å². The summed E-state index contributed by atoms with van der Waals surface area (Å²) in [6, 6.07) is 5.18. The Labute approximate surface area is 87.9 Å². The Morgan fingerprint density at radius 1 is 1.57 bits per heavy atom. The first-order valence-electron chi connectivity index (χ1n) is 4.86. The normalized spacial score (nSPS) is 22.9. The second kappa shape index (κ2) is 3.91. The maximum Gasteiger partial charge on any atom is 0.124 e. The van der Waals surface area contributed by atoms with Crippen LogP contribution in [0.2, 0.25) is 0 Å². The van der Waals surface area contributed by atoms with Crippen LogP contribution < -0.4 is 5.73 Å². The molecule has 0 bridgehead atoms. The highest BCUT2D eigenvalue weighted by Crippen LogP contribution is 2.38. The van der Waals surface area contributed by atoms with E-state index >= 15 is 0 Å². The van der Waals surface area contributed by atoms with Gasteiger partial charge in [0.1, 0.15) is 5.82 Å². The van der Waals surface area contributed by atoms with Crippen molar-refractivity contribution in [2.75, 3.05) is 5.75 Å². The van der Waals surface area contributed by atoms with Gasteiger partial charge in [-0.2, -0.15) is 0 Å². The van der Waals surface area contributed by atoms with Crippen LogP contribution in [0.4, 0.5) is 4.39 Å². The number of hydrogen-bond donors (Lipinski definition) is 1. The molecule has 2 N–H and O–H groups in total. The molecule has 76 valence electrons. The quantitative estimate of drug-likeness (QED) is 0.773. The van der Waals surface area contributed by atoms with E-state index in [0.717, 1.165) is 17.1 Å². The molecule has 0 spiro atoms. The Kier molecular flexibility index (Phi) is 2.79. The lowest BCUT2D eigenvalue weighted by Crippen LogP contribution is -2.27. The van der Waals surface area contributed by atoms with Gasteiger partial charge in [-0.3, -0.25) is 0 Å². The second-order valence-electron chi connectivity index (χ2n) is 3.78. The van der Waals surface area contributed by atoms with E-state index in [1.54, 1.807) is 17.8 Å². The SMILES string of the molecule is CC(N)C1CCSc2cc(F)ccc21. The topological polar surface area (TPSA) is 26.0 Å². The molecule has 1 nitrogen and oxygen atoms in total. The number of thioether (sulfide) groups is 1. The third-order valence-electron chi connectivity index (χ3n) is 2.70. The minimum Gasteiger partial charge on any atom is -0.327 e. The molecule has 2 rings (SSSR count). The van der Waals surface area contributed by atoms with Gasteiger partial charge < -0.3 is 5.73 Å². The van der Waals surface area contributed by atoms with Gasteiger partial charge in [-0.25, -0.2) is 4.39 Å². The van der Waals surface area contributed by atoms with E-state index in [1.165, 1.54) is 11.6 Å². The summed E-state index contributed by atoms with van der Waals surface area (Å²) in [6.45, 7) is 2.02. The summed E-state index contributed by atoms with van der Waals surface area (Å²) in [5.74, 6) is 1.29. The fraction of sp³-hybridized carbons (Fsp3) is 0.455. The zero-order valence-electron chi connectivity index (χ0n) is 8.16. The first-order valence-corrected chi connectivity index (χ1v) is 5.85. The van der Waals surface area contributed by atoms with Crippen molar-refractivity contribution in [1.82, 2.24) is 0 Å². The molecule has 0 radical (unpaired) electrons. The number of fused-ring (bicyclic) bond motifs is 1. The fourth-order valence-corrected chi connectivity index (χ4v) is 3.11. The molecule has 14 heavy (non-hydrogen) atoms. The van der Waals surface area contributed by atoms with E-state index in [9.17, 15) is 4.39 Å². The first-order chi connectivity index (χ1) is 6.68. The van der Waals surface area contributed by atoms with Crippen LogP contribution >= 0.6 is 11.8 Å². The van der Waals surface area contributed by atoms with Crippen molar-refractivity contribution >= 4 is 11.8 Å². The van der Waals surface area contributed by atoms with Crippen molar-refractivity contribution in [3.63, 3.8) is 0 Å². The van der Waals surface area contributed by atoms with Crippen LogP contribution in [-0.4, -0.2) is 11.8 Å². The number of halogens is 1. The van der Waals surface area contributed by atoms with E-state index in [0.29, 0.717) is 5.92 Å². The maximum atomic E-state index is 13.0. The molecule has 1 aliphatic heterocycles. The molecule has 1 heterocycles. The molecular formula is C11H14FNS. The van der Waals surface area contributed by atoms with Gasteiger partial charge in [0.05, 0.1) is 0 Å². The molecule has 2 atom stereocenters. The smallest absolute Gasteiger partial charge is 0.124 e. The Hall–Kier alpha value is -0.540. The van der Waals surface area contributed by atoms with Gasteiger partial charge in [-0.05, 0) is 36.8 Å². The summed E-state index contributed by atoms with van der Waals surface area (Å²) in [4.78, 5) is 1.07. The van der Waals surface area contributed by atoms with Gasteiger partial charge in [-0.1, -0.05) is 6.07 Å². The standard InChI is InChI=1S/C11H14FNS/c1-7(13)9-4-5-14-11-6-8(12)2-3-10(9)11/h2-3,6-7,9H,4-5,13H2,1H3. The summed E-state index contributed by atoms with van der Waals surface area (Å²) >= 11 is 1.73. The van der Waals surface area contributed by atoms with E-state index in [2.05, 4.69) is 0 Å². The largest absolute Gasteiger partial charge is 0.327 e. The van der Waals surface area contributed by atoms with Crippen LogP contribution in [0.1, 0.15) is 24.8 Å². The Balaban J connectivity index is 2.40. The van der Waals surface area contributed by atoms with Crippen LogP contribution in [-0.2, 0) is 0 Å². The highest BCUT2D eigenvalue weighted by molar-refractivity contribution is 7.99. The molecular weight excluding hydrogens is 197 g/mol. The number of nitrogens with two attached hydrogens (primary N) is 1. The summed E-state index contributed by atoms with van der Waals surface area (Å²) in [6.07, 6.45) is 1.10. The average Bonchev–Trinajstić information content (AvgIpc) is 2.16. The van der Waals surface area contributed by atoms with Crippen molar-refractivity contribution in [2.24, 2.45) is 5.73 Å². The third kappa shape index (κ3) is 1.79. The minimum atomic E-state index is -0.151. The summed E-state index contributed by atoms with van der Waals surface area (Å²) < 4.78 is 13.0. The van der Waals surface area contributed by atoms with Gasteiger partial charge >= 0.3 is 0 Å². The highest BCUT2D eigenvalue weighted by Gasteiger charge is 2.23. The van der Waals surface area contributed by atoms with E-state index in [1.807, 2.05) is 13.0 Å². The van der Waals surface area contributed by atoms with Gasteiger partial charge in [0.15, 0.2) is 0 Å². The van der Waals surface area contributed by atoms with E-state index in [-0.39, 0.29) is 11.9 Å². The van der Waals surface area contributed by atoms with Crippen molar-refractivity contribution in [1.29, 1.82) is 0 Å². The molecule has 0 aliphatic carbocycles. The molecule has 0 amide bonds. The molecule has 0 aromatic heterocycles. The van der Waals surface area contributed by atoms with E-state index in [4.69, 9.17) is 5.73 Å². The highest BCUT2D eigenvalue weighted by atomic mass is 32.2. The molecule has 0 saturated heterocycles. The minimum absolute atomic E-state index is 0.151. The predicted octanol–water partition coefficient (Wildman–Crippen LogP) is 2.75. The number of hydrogen-bond acceptors (Lipinski definition) is 2. The zero-order valence-corrected chi connectivity index (χ0v) is 8.98. The average molecular weight is 211 g/mol. The van der Waals surface area contributed by atoms with Crippen molar-refractivity contribution in [3.8, 4) is 0 Å².